The molecule has 0 radical (unpaired) electrons. The molecule has 0 aromatic heterocycles. The summed E-state index contributed by atoms with van der Waals surface area (Å²) in [5.41, 5.74) is 3.16. The second-order valence-corrected chi connectivity index (χ2v) is 9.19. The number of para-hydroxylation sites is 2. The van der Waals surface area contributed by atoms with Crippen LogP contribution in [-0.2, 0) is 10.5 Å². The van der Waals surface area contributed by atoms with Crippen molar-refractivity contribution in [3.63, 3.8) is 0 Å². The van der Waals surface area contributed by atoms with Crippen LogP contribution in [0.15, 0.2) is 60.7 Å². The van der Waals surface area contributed by atoms with E-state index in [-0.39, 0.29) is 6.04 Å². The summed E-state index contributed by atoms with van der Waals surface area (Å²) in [6.07, 6.45) is 0. The topological polar surface area (TPSA) is 72.9 Å². The van der Waals surface area contributed by atoms with Crippen LogP contribution < -0.4 is 23.8 Å². The van der Waals surface area contributed by atoms with Crippen molar-refractivity contribution in [2.45, 2.75) is 18.8 Å². The Morgan fingerprint density at radius 2 is 1.32 bits per heavy atom. The minimum atomic E-state index is -1.78. The highest BCUT2D eigenvalue weighted by Crippen LogP contribution is 2.47. The molecule has 2 unspecified atom stereocenters. The molecule has 1 saturated heterocycles. The van der Waals surface area contributed by atoms with E-state index in [4.69, 9.17) is 23.7 Å². The molecule has 3 aromatic rings. The number of methoxy groups -OCH3 is 5. The van der Waals surface area contributed by atoms with Crippen molar-refractivity contribution < 1.29 is 28.8 Å². The van der Waals surface area contributed by atoms with Crippen LogP contribution in [0.3, 0.4) is 0 Å². The molecule has 0 bridgehead atoms. The predicted molar refractivity (Wildman–Crippen MR) is 148 cm³/mol. The average Bonchev–Trinajstić information content (AvgIpc) is 2.99. The first kappa shape index (κ1) is 27.6. The van der Waals surface area contributed by atoms with Crippen LogP contribution in [0.5, 0.6) is 23.0 Å². The van der Waals surface area contributed by atoms with Gasteiger partial charge in [0, 0.05) is 44.9 Å². The Morgan fingerprint density at radius 3 is 1.95 bits per heavy atom. The minimum Gasteiger partial charge on any atom is -0.495 e. The van der Waals surface area contributed by atoms with Crippen molar-refractivity contribution >= 4 is 5.69 Å². The molecule has 0 saturated carbocycles. The molecule has 0 spiro atoms. The third-order valence-corrected chi connectivity index (χ3v) is 7.43. The highest BCUT2D eigenvalue weighted by atomic mass is 16.6. The molecule has 0 aliphatic carbocycles. The van der Waals surface area contributed by atoms with Gasteiger partial charge >= 0.3 is 0 Å². The SMILES string of the molecule is COc1ccccc1N1CCN(C(C)c2ccccc2C(O)(OC)c2ccc(OC)c(OC)c2OC)CC1. The lowest BCUT2D eigenvalue weighted by Gasteiger charge is -2.41. The molecule has 204 valence electrons. The highest BCUT2D eigenvalue weighted by molar-refractivity contribution is 5.60. The predicted octanol–water partition coefficient (Wildman–Crippen LogP) is 4.44. The van der Waals surface area contributed by atoms with Crippen molar-refractivity contribution in [1.29, 1.82) is 0 Å². The van der Waals surface area contributed by atoms with Gasteiger partial charge in [-0.1, -0.05) is 36.4 Å². The lowest BCUT2D eigenvalue weighted by Crippen LogP contribution is -2.47. The van der Waals surface area contributed by atoms with Gasteiger partial charge < -0.3 is 33.7 Å². The highest BCUT2D eigenvalue weighted by Gasteiger charge is 2.40. The Morgan fingerprint density at radius 1 is 0.684 bits per heavy atom. The minimum absolute atomic E-state index is 0.0267. The molecule has 8 nitrogen and oxygen atoms in total. The van der Waals surface area contributed by atoms with Gasteiger partial charge in [0.1, 0.15) is 5.75 Å². The van der Waals surface area contributed by atoms with Crippen molar-refractivity contribution in [3.8, 4) is 23.0 Å². The first-order chi connectivity index (χ1) is 18.4. The smallest absolute Gasteiger partial charge is 0.223 e. The lowest BCUT2D eigenvalue weighted by molar-refractivity contribution is -0.161. The molecule has 8 heteroatoms. The monoisotopic (exact) mass is 522 g/mol. The molecule has 1 N–H and O–H groups in total. The zero-order chi connectivity index (χ0) is 27.3. The van der Waals surface area contributed by atoms with E-state index in [2.05, 4.69) is 22.8 Å². The maximum absolute atomic E-state index is 12.1. The van der Waals surface area contributed by atoms with Gasteiger partial charge in [-0.25, -0.2) is 0 Å². The molecular weight excluding hydrogens is 484 g/mol. The summed E-state index contributed by atoms with van der Waals surface area (Å²) in [4.78, 5) is 4.78. The molecule has 1 fully saturated rings. The van der Waals surface area contributed by atoms with Gasteiger partial charge in [-0.2, -0.15) is 0 Å². The van der Waals surface area contributed by atoms with E-state index in [1.54, 1.807) is 26.4 Å². The lowest BCUT2D eigenvalue weighted by atomic mass is 9.89. The summed E-state index contributed by atoms with van der Waals surface area (Å²) in [6.45, 7) is 5.62. The quantitative estimate of drug-likeness (QED) is 0.392. The van der Waals surface area contributed by atoms with Crippen LogP contribution in [0.1, 0.15) is 29.7 Å². The zero-order valence-electron chi connectivity index (χ0n) is 23.1. The van der Waals surface area contributed by atoms with Gasteiger partial charge in [0.05, 0.1) is 39.7 Å². The largest absolute Gasteiger partial charge is 0.495 e. The van der Waals surface area contributed by atoms with Gasteiger partial charge in [-0.15, -0.1) is 0 Å². The second-order valence-electron chi connectivity index (χ2n) is 9.19. The van der Waals surface area contributed by atoms with Crippen molar-refractivity contribution in [2.24, 2.45) is 0 Å². The maximum Gasteiger partial charge on any atom is 0.223 e. The van der Waals surface area contributed by atoms with Gasteiger partial charge in [0.25, 0.3) is 0 Å². The zero-order valence-corrected chi connectivity index (χ0v) is 23.1. The number of piperazine rings is 1. The van der Waals surface area contributed by atoms with Crippen LogP contribution >= 0.6 is 0 Å². The van der Waals surface area contributed by atoms with E-state index in [9.17, 15) is 5.11 Å². The van der Waals surface area contributed by atoms with Crippen LogP contribution in [0, 0.1) is 0 Å². The molecule has 1 aliphatic heterocycles. The van der Waals surface area contributed by atoms with Crippen LogP contribution in [-0.4, -0.2) is 71.7 Å². The van der Waals surface area contributed by atoms with Gasteiger partial charge in [0.2, 0.25) is 11.5 Å². The fourth-order valence-electron chi connectivity index (χ4n) is 5.34. The Bertz CT molecular complexity index is 1230. The number of rotatable bonds is 10. The van der Waals surface area contributed by atoms with Crippen LogP contribution in [0.2, 0.25) is 0 Å². The Labute approximate surface area is 225 Å². The number of hydrogen-bond donors (Lipinski definition) is 1. The molecule has 1 heterocycles. The first-order valence-electron chi connectivity index (χ1n) is 12.7. The van der Waals surface area contributed by atoms with Crippen molar-refractivity contribution in [3.05, 3.63) is 77.4 Å². The summed E-state index contributed by atoms with van der Waals surface area (Å²) in [5.74, 6) is 0.342. The van der Waals surface area contributed by atoms with Crippen LogP contribution in [0.25, 0.3) is 0 Å². The summed E-state index contributed by atoms with van der Waals surface area (Å²) in [5, 5.41) is 12.1. The van der Waals surface area contributed by atoms with E-state index in [1.807, 2.05) is 42.5 Å². The molecule has 2 atom stereocenters. The number of aliphatic hydroxyl groups is 1. The van der Waals surface area contributed by atoms with E-state index in [1.165, 1.54) is 21.3 Å². The van der Waals surface area contributed by atoms with E-state index in [0.717, 1.165) is 43.2 Å². The summed E-state index contributed by atoms with van der Waals surface area (Å²) < 4.78 is 28.1. The summed E-state index contributed by atoms with van der Waals surface area (Å²) in [6, 6.07) is 19.5. The van der Waals surface area contributed by atoms with Gasteiger partial charge in [-0.3, -0.25) is 4.90 Å². The van der Waals surface area contributed by atoms with E-state index >= 15 is 0 Å². The number of anilines is 1. The fourth-order valence-corrected chi connectivity index (χ4v) is 5.34. The van der Waals surface area contributed by atoms with Gasteiger partial charge in [0.15, 0.2) is 11.5 Å². The summed E-state index contributed by atoms with van der Waals surface area (Å²) >= 11 is 0. The number of ether oxygens (including phenoxy) is 5. The third-order valence-electron chi connectivity index (χ3n) is 7.43. The first-order valence-corrected chi connectivity index (χ1v) is 12.7. The average molecular weight is 523 g/mol. The number of hydrogen-bond acceptors (Lipinski definition) is 8. The number of benzene rings is 3. The van der Waals surface area contributed by atoms with Crippen molar-refractivity contribution in [2.75, 3.05) is 66.6 Å². The third kappa shape index (κ3) is 4.99. The summed E-state index contributed by atoms with van der Waals surface area (Å²) in [7, 11) is 7.83. The maximum atomic E-state index is 12.1. The Hall–Kier alpha value is -3.46. The standard InChI is InChI=1S/C30H38N2O6/c1-21(31-17-19-32(20-18-31)25-13-9-10-14-26(25)34-2)22-11-7-8-12-23(22)30(33,38-6)24-15-16-27(35-3)29(37-5)28(24)36-4/h7-16,21,33H,17-20H2,1-6H3. The molecular formula is C30H38N2O6. The van der Waals surface area contributed by atoms with E-state index in [0.29, 0.717) is 28.4 Å². The second kappa shape index (κ2) is 11.9. The molecule has 3 aromatic carbocycles. The normalized spacial score (nSPS) is 16.4. The Balaban J connectivity index is 1.65. The molecule has 4 rings (SSSR count). The Kier molecular flexibility index (Phi) is 8.66. The van der Waals surface area contributed by atoms with Crippen LogP contribution in [0.4, 0.5) is 5.69 Å². The molecule has 38 heavy (non-hydrogen) atoms. The fraction of sp³-hybridized carbons (Fsp3) is 0.400. The van der Waals surface area contributed by atoms with Crippen molar-refractivity contribution in [1.82, 2.24) is 4.90 Å². The number of nitrogens with zero attached hydrogens (tertiary/aromatic N) is 2. The molecule has 1 aliphatic rings. The van der Waals surface area contributed by atoms with Gasteiger partial charge in [-0.05, 0) is 36.8 Å². The van der Waals surface area contributed by atoms with E-state index < -0.39 is 5.79 Å². The molecule has 0 amide bonds.